The quantitative estimate of drug-likeness (QED) is 0.691. The van der Waals surface area contributed by atoms with Crippen molar-refractivity contribution < 1.29 is 0 Å². The molecule has 1 unspecified atom stereocenters. The van der Waals surface area contributed by atoms with Crippen molar-refractivity contribution >= 4 is 0 Å². The van der Waals surface area contributed by atoms with Crippen molar-refractivity contribution in [2.45, 2.75) is 40.0 Å². The van der Waals surface area contributed by atoms with Gasteiger partial charge in [0.25, 0.3) is 0 Å². The van der Waals surface area contributed by atoms with E-state index < -0.39 is 0 Å². The van der Waals surface area contributed by atoms with E-state index in [2.05, 4.69) is 50.4 Å². The van der Waals surface area contributed by atoms with Crippen LogP contribution in [0.15, 0.2) is 24.3 Å². The van der Waals surface area contributed by atoms with Gasteiger partial charge in [0.05, 0.1) is 0 Å². The summed E-state index contributed by atoms with van der Waals surface area (Å²) in [5, 5.41) is 3.48. The van der Waals surface area contributed by atoms with Crippen molar-refractivity contribution in [1.82, 2.24) is 5.32 Å². The highest BCUT2D eigenvalue weighted by Gasteiger charge is 2.01. The van der Waals surface area contributed by atoms with E-state index in [1.165, 1.54) is 30.4 Å². The van der Waals surface area contributed by atoms with E-state index in [1.807, 2.05) is 0 Å². The van der Waals surface area contributed by atoms with Gasteiger partial charge in [-0.2, -0.15) is 0 Å². The van der Waals surface area contributed by atoms with Crippen LogP contribution in [-0.4, -0.2) is 13.1 Å². The fraction of sp³-hybridized carbons (Fsp3) is 0.600. The Kier molecular flexibility index (Phi) is 6.17. The first-order valence-electron chi connectivity index (χ1n) is 6.48. The number of hydrogen-bond acceptors (Lipinski definition) is 1. The van der Waals surface area contributed by atoms with Crippen LogP contribution in [0.1, 0.15) is 37.8 Å². The van der Waals surface area contributed by atoms with Gasteiger partial charge in [-0.05, 0) is 50.8 Å². The molecule has 1 nitrogen and oxygen atoms in total. The molecule has 1 aromatic rings. The summed E-state index contributed by atoms with van der Waals surface area (Å²) in [5.41, 5.74) is 2.81. The molecule has 0 aliphatic heterocycles. The molecule has 0 aliphatic carbocycles. The van der Waals surface area contributed by atoms with Gasteiger partial charge >= 0.3 is 0 Å². The smallest absolute Gasteiger partial charge is 0.00230 e. The summed E-state index contributed by atoms with van der Waals surface area (Å²) in [7, 11) is 0. The average Bonchev–Trinajstić information content (AvgIpc) is 2.29. The Labute approximate surface area is 100 Å². The lowest BCUT2D eigenvalue weighted by molar-refractivity contribution is 0.481. The van der Waals surface area contributed by atoms with Crippen molar-refractivity contribution in [2.75, 3.05) is 13.1 Å². The van der Waals surface area contributed by atoms with Gasteiger partial charge in [-0.25, -0.2) is 0 Å². The average molecular weight is 219 g/mol. The fourth-order valence-corrected chi connectivity index (χ4v) is 1.80. The summed E-state index contributed by atoms with van der Waals surface area (Å²) in [5.74, 6) is 0.771. The van der Waals surface area contributed by atoms with Crippen LogP contribution in [0, 0.1) is 12.8 Å². The summed E-state index contributed by atoms with van der Waals surface area (Å²) >= 11 is 0. The Hall–Kier alpha value is -0.820. The van der Waals surface area contributed by atoms with Gasteiger partial charge < -0.3 is 5.32 Å². The van der Waals surface area contributed by atoms with Crippen molar-refractivity contribution in [3.05, 3.63) is 35.4 Å². The molecule has 1 aromatic carbocycles. The summed E-state index contributed by atoms with van der Waals surface area (Å²) in [6.07, 6.45) is 3.71. The zero-order valence-corrected chi connectivity index (χ0v) is 10.9. The zero-order chi connectivity index (χ0) is 11.8. The molecule has 0 saturated heterocycles. The molecule has 0 radical (unpaired) electrons. The third kappa shape index (κ3) is 5.32. The second kappa shape index (κ2) is 7.45. The van der Waals surface area contributed by atoms with Crippen LogP contribution in [0.5, 0.6) is 0 Å². The van der Waals surface area contributed by atoms with Gasteiger partial charge in [-0.15, -0.1) is 0 Å². The Balaban J connectivity index is 2.20. The molecular weight excluding hydrogens is 194 g/mol. The number of aryl methyl sites for hydroxylation is 2. The van der Waals surface area contributed by atoms with Crippen LogP contribution in [0.25, 0.3) is 0 Å². The topological polar surface area (TPSA) is 12.0 Å². The number of rotatable bonds is 7. The minimum Gasteiger partial charge on any atom is -0.316 e. The third-order valence-corrected chi connectivity index (χ3v) is 2.97. The molecule has 0 fully saturated rings. The molecule has 0 spiro atoms. The molecular formula is C15H25N. The first kappa shape index (κ1) is 13.2. The lowest BCUT2D eigenvalue weighted by Crippen LogP contribution is -2.22. The molecule has 0 amide bonds. The van der Waals surface area contributed by atoms with Gasteiger partial charge in [-0.1, -0.05) is 43.7 Å². The molecule has 0 heterocycles. The largest absolute Gasteiger partial charge is 0.316 e. The number of nitrogens with one attached hydrogen (secondary N) is 1. The van der Waals surface area contributed by atoms with E-state index in [9.17, 15) is 0 Å². The van der Waals surface area contributed by atoms with Crippen molar-refractivity contribution in [2.24, 2.45) is 5.92 Å². The fourth-order valence-electron chi connectivity index (χ4n) is 1.80. The molecule has 0 saturated carbocycles. The maximum Gasteiger partial charge on any atom is -0.00230 e. The molecule has 16 heavy (non-hydrogen) atoms. The molecule has 0 aliphatic rings. The number of benzene rings is 1. The van der Waals surface area contributed by atoms with Gasteiger partial charge in [0.15, 0.2) is 0 Å². The maximum absolute atomic E-state index is 3.48. The second-order valence-corrected chi connectivity index (χ2v) is 4.83. The molecule has 0 aromatic heterocycles. The van der Waals surface area contributed by atoms with Gasteiger partial charge in [0, 0.05) is 0 Å². The van der Waals surface area contributed by atoms with E-state index in [1.54, 1.807) is 0 Å². The SMILES string of the molecule is CCCNCC(C)CCc1ccc(C)cc1. The summed E-state index contributed by atoms with van der Waals surface area (Å²) < 4.78 is 0. The van der Waals surface area contributed by atoms with Crippen LogP contribution < -0.4 is 5.32 Å². The van der Waals surface area contributed by atoms with E-state index >= 15 is 0 Å². The molecule has 0 bridgehead atoms. The standard InChI is InChI=1S/C15H25N/c1-4-11-16-12-14(3)7-10-15-8-5-13(2)6-9-15/h5-6,8-9,14,16H,4,7,10-12H2,1-3H3. The summed E-state index contributed by atoms with van der Waals surface area (Å²) in [6, 6.07) is 8.91. The van der Waals surface area contributed by atoms with Crippen molar-refractivity contribution in [3.8, 4) is 0 Å². The molecule has 1 heteroatoms. The molecule has 1 rings (SSSR count). The minimum atomic E-state index is 0.771. The molecule has 90 valence electrons. The van der Waals surface area contributed by atoms with Gasteiger partial charge in [0.2, 0.25) is 0 Å². The van der Waals surface area contributed by atoms with Gasteiger partial charge in [0.1, 0.15) is 0 Å². The van der Waals surface area contributed by atoms with E-state index in [4.69, 9.17) is 0 Å². The highest BCUT2D eigenvalue weighted by molar-refractivity contribution is 5.21. The third-order valence-electron chi connectivity index (χ3n) is 2.97. The van der Waals surface area contributed by atoms with Gasteiger partial charge in [-0.3, -0.25) is 0 Å². The van der Waals surface area contributed by atoms with Crippen molar-refractivity contribution in [3.63, 3.8) is 0 Å². The monoisotopic (exact) mass is 219 g/mol. The number of hydrogen-bond donors (Lipinski definition) is 1. The summed E-state index contributed by atoms with van der Waals surface area (Å²) in [6.45, 7) is 8.98. The highest BCUT2D eigenvalue weighted by Crippen LogP contribution is 2.10. The Morgan fingerprint density at radius 3 is 2.50 bits per heavy atom. The van der Waals surface area contributed by atoms with Crippen LogP contribution >= 0.6 is 0 Å². The first-order valence-corrected chi connectivity index (χ1v) is 6.48. The van der Waals surface area contributed by atoms with Crippen LogP contribution in [0.2, 0.25) is 0 Å². The van der Waals surface area contributed by atoms with E-state index in [0.717, 1.165) is 19.0 Å². The predicted octanol–water partition coefficient (Wildman–Crippen LogP) is 3.56. The Morgan fingerprint density at radius 1 is 1.19 bits per heavy atom. The minimum absolute atomic E-state index is 0.771. The Bertz CT molecular complexity index is 276. The van der Waals surface area contributed by atoms with Crippen molar-refractivity contribution in [1.29, 1.82) is 0 Å². The second-order valence-electron chi connectivity index (χ2n) is 4.83. The van der Waals surface area contributed by atoms with Crippen LogP contribution in [0.4, 0.5) is 0 Å². The lowest BCUT2D eigenvalue weighted by atomic mass is 10.0. The lowest BCUT2D eigenvalue weighted by Gasteiger charge is -2.12. The predicted molar refractivity (Wildman–Crippen MR) is 71.8 cm³/mol. The van der Waals surface area contributed by atoms with E-state index in [-0.39, 0.29) is 0 Å². The van der Waals surface area contributed by atoms with Crippen LogP contribution in [0.3, 0.4) is 0 Å². The Morgan fingerprint density at radius 2 is 1.88 bits per heavy atom. The first-order chi connectivity index (χ1) is 7.72. The van der Waals surface area contributed by atoms with Crippen LogP contribution in [-0.2, 0) is 6.42 Å². The highest BCUT2D eigenvalue weighted by atomic mass is 14.8. The summed E-state index contributed by atoms with van der Waals surface area (Å²) in [4.78, 5) is 0. The maximum atomic E-state index is 3.48. The molecule has 1 N–H and O–H groups in total. The molecule has 1 atom stereocenters. The zero-order valence-electron chi connectivity index (χ0n) is 10.9. The van der Waals surface area contributed by atoms with E-state index in [0.29, 0.717) is 0 Å². The normalized spacial score (nSPS) is 12.7.